The Kier molecular flexibility index (Phi) is 3.29. The van der Waals surface area contributed by atoms with Crippen molar-refractivity contribution in [2.75, 3.05) is 5.43 Å². The van der Waals surface area contributed by atoms with Crippen molar-refractivity contribution in [3.8, 4) is 0 Å². The largest absolute Gasteiger partial charge is 0.272 e. The van der Waals surface area contributed by atoms with Gasteiger partial charge in [-0.05, 0) is 18.2 Å². The molecule has 2 heterocycles. The van der Waals surface area contributed by atoms with E-state index in [-0.39, 0.29) is 23.7 Å². The summed E-state index contributed by atoms with van der Waals surface area (Å²) in [6.07, 6.45) is 0. The van der Waals surface area contributed by atoms with Crippen LogP contribution in [0, 0.1) is 11.8 Å². The molecular formula is C15H14ClN3O2. The molecule has 0 saturated carbocycles. The van der Waals surface area contributed by atoms with E-state index in [0.717, 1.165) is 10.4 Å². The first-order chi connectivity index (χ1) is 9.99. The summed E-state index contributed by atoms with van der Waals surface area (Å²) in [7, 11) is 0. The molecule has 108 valence electrons. The number of nitrogens with zero attached hydrogens (tertiary/aromatic N) is 2. The maximum absolute atomic E-state index is 12.0. The number of hydrogen-bond acceptors (Lipinski definition) is 4. The number of hydrazine groups is 1. The summed E-state index contributed by atoms with van der Waals surface area (Å²) in [5.74, 6) is -0.719. The van der Waals surface area contributed by atoms with E-state index in [4.69, 9.17) is 11.6 Å². The van der Waals surface area contributed by atoms with Crippen molar-refractivity contribution in [2.45, 2.75) is 13.8 Å². The van der Waals surface area contributed by atoms with Crippen molar-refractivity contribution >= 4 is 40.1 Å². The van der Waals surface area contributed by atoms with Gasteiger partial charge in [0.25, 0.3) is 11.8 Å². The van der Waals surface area contributed by atoms with Gasteiger partial charge in [-0.15, -0.1) is 0 Å². The van der Waals surface area contributed by atoms with Crippen LogP contribution in [-0.4, -0.2) is 21.8 Å². The maximum Gasteiger partial charge on any atom is 0.251 e. The number of aromatic nitrogens is 1. The molecule has 1 aliphatic rings. The molecule has 0 spiro atoms. The number of carbonyl (C=O) groups is 2. The first-order valence-electron chi connectivity index (χ1n) is 6.69. The summed E-state index contributed by atoms with van der Waals surface area (Å²) in [6, 6.07) is 9.04. The van der Waals surface area contributed by atoms with Crippen LogP contribution in [-0.2, 0) is 9.59 Å². The molecule has 0 bridgehead atoms. The highest BCUT2D eigenvalue weighted by atomic mass is 35.5. The number of hydrogen-bond donors (Lipinski definition) is 1. The Morgan fingerprint density at radius 1 is 1.10 bits per heavy atom. The van der Waals surface area contributed by atoms with Gasteiger partial charge in [-0.25, -0.2) is 4.98 Å². The minimum Gasteiger partial charge on any atom is -0.272 e. The number of benzene rings is 1. The van der Waals surface area contributed by atoms with E-state index in [2.05, 4.69) is 10.4 Å². The van der Waals surface area contributed by atoms with Crippen molar-refractivity contribution in [2.24, 2.45) is 11.8 Å². The van der Waals surface area contributed by atoms with E-state index in [9.17, 15) is 9.59 Å². The van der Waals surface area contributed by atoms with Crippen LogP contribution in [0.3, 0.4) is 0 Å². The summed E-state index contributed by atoms with van der Waals surface area (Å²) in [4.78, 5) is 28.5. The number of fused-ring (bicyclic) bond motifs is 1. The van der Waals surface area contributed by atoms with Crippen molar-refractivity contribution in [1.29, 1.82) is 0 Å². The number of para-hydroxylation sites is 1. The van der Waals surface area contributed by atoms with E-state index >= 15 is 0 Å². The Morgan fingerprint density at radius 3 is 2.43 bits per heavy atom. The molecule has 2 amide bonds. The fraction of sp³-hybridized carbons (Fsp3) is 0.267. The van der Waals surface area contributed by atoms with Gasteiger partial charge < -0.3 is 0 Å². The number of rotatable bonds is 2. The number of anilines is 1. The van der Waals surface area contributed by atoms with Crippen molar-refractivity contribution in [3.63, 3.8) is 0 Å². The standard InChI is InChI=1S/C15H14ClN3O2/c1-8-9(2)15(21)19(14(8)20)18-12-7-6-10-4-3-5-11(16)13(10)17-12/h3-9H,1-2H3,(H,17,18). The molecule has 0 radical (unpaired) electrons. The summed E-state index contributed by atoms with van der Waals surface area (Å²) in [6.45, 7) is 3.49. The summed E-state index contributed by atoms with van der Waals surface area (Å²) >= 11 is 6.11. The van der Waals surface area contributed by atoms with Crippen LogP contribution in [0.25, 0.3) is 10.9 Å². The quantitative estimate of drug-likeness (QED) is 0.867. The topological polar surface area (TPSA) is 62.3 Å². The molecule has 1 fully saturated rings. The number of amides is 2. The Morgan fingerprint density at radius 2 is 1.76 bits per heavy atom. The van der Waals surface area contributed by atoms with E-state index in [1.807, 2.05) is 18.2 Å². The lowest BCUT2D eigenvalue weighted by Crippen LogP contribution is -2.36. The van der Waals surface area contributed by atoms with Gasteiger partial charge in [-0.3, -0.25) is 15.0 Å². The Labute approximate surface area is 126 Å². The molecule has 21 heavy (non-hydrogen) atoms. The first-order valence-corrected chi connectivity index (χ1v) is 7.06. The molecule has 1 aromatic carbocycles. The lowest BCUT2D eigenvalue weighted by Gasteiger charge is -2.16. The fourth-order valence-corrected chi connectivity index (χ4v) is 2.57. The Hall–Kier alpha value is -2.14. The third kappa shape index (κ3) is 2.23. The van der Waals surface area contributed by atoms with Crippen LogP contribution in [0.1, 0.15) is 13.8 Å². The molecule has 2 aromatic rings. The predicted molar refractivity (Wildman–Crippen MR) is 80.6 cm³/mol. The van der Waals surface area contributed by atoms with Crippen LogP contribution in [0.5, 0.6) is 0 Å². The third-order valence-electron chi connectivity index (χ3n) is 3.87. The highest BCUT2D eigenvalue weighted by Gasteiger charge is 2.42. The molecule has 0 aliphatic carbocycles. The lowest BCUT2D eigenvalue weighted by molar-refractivity contribution is -0.138. The third-order valence-corrected chi connectivity index (χ3v) is 4.17. The van der Waals surface area contributed by atoms with Crippen molar-refractivity contribution in [3.05, 3.63) is 35.4 Å². The average Bonchev–Trinajstić information content (AvgIpc) is 2.66. The number of halogens is 1. The molecule has 1 saturated heterocycles. The predicted octanol–water partition coefficient (Wildman–Crippen LogP) is 2.86. The van der Waals surface area contributed by atoms with Gasteiger partial charge in [-0.2, -0.15) is 5.01 Å². The van der Waals surface area contributed by atoms with Crippen LogP contribution < -0.4 is 5.43 Å². The van der Waals surface area contributed by atoms with E-state index in [1.165, 1.54) is 0 Å². The fourth-order valence-electron chi connectivity index (χ4n) is 2.34. The van der Waals surface area contributed by atoms with Crippen molar-refractivity contribution < 1.29 is 9.59 Å². The molecule has 1 aliphatic heterocycles. The number of imide groups is 1. The summed E-state index contributed by atoms with van der Waals surface area (Å²) in [5.41, 5.74) is 3.41. The van der Waals surface area contributed by atoms with Gasteiger partial charge in [0.15, 0.2) is 0 Å². The monoisotopic (exact) mass is 303 g/mol. The Balaban J connectivity index is 1.94. The van der Waals surface area contributed by atoms with Gasteiger partial charge in [0.1, 0.15) is 5.82 Å². The highest BCUT2D eigenvalue weighted by Crippen LogP contribution is 2.27. The minimum absolute atomic E-state index is 0.242. The molecule has 5 nitrogen and oxygen atoms in total. The highest BCUT2D eigenvalue weighted by molar-refractivity contribution is 6.35. The zero-order valence-electron chi connectivity index (χ0n) is 11.6. The zero-order chi connectivity index (χ0) is 15.1. The van der Waals surface area contributed by atoms with E-state index < -0.39 is 0 Å². The van der Waals surface area contributed by atoms with Gasteiger partial charge in [0.2, 0.25) is 0 Å². The van der Waals surface area contributed by atoms with E-state index in [0.29, 0.717) is 16.4 Å². The van der Waals surface area contributed by atoms with Crippen LogP contribution >= 0.6 is 11.6 Å². The Bertz CT molecular complexity index is 727. The summed E-state index contributed by atoms with van der Waals surface area (Å²) < 4.78 is 0. The zero-order valence-corrected chi connectivity index (χ0v) is 12.4. The lowest BCUT2D eigenvalue weighted by atomic mass is 10.00. The van der Waals surface area contributed by atoms with E-state index in [1.54, 1.807) is 26.0 Å². The normalized spacial score (nSPS) is 22.1. The van der Waals surface area contributed by atoms with Crippen LogP contribution in [0.15, 0.2) is 30.3 Å². The average molecular weight is 304 g/mol. The second kappa shape index (κ2) is 5.00. The smallest absolute Gasteiger partial charge is 0.251 e. The second-order valence-corrected chi connectivity index (χ2v) is 5.62. The van der Waals surface area contributed by atoms with Gasteiger partial charge in [0.05, 0.1) is 10.5 Å². The SMILES string of the molecule is CC1C(=O)N(Nc2ccc3cccc(Cl)c3n2)C(=O)C1C. The molecule has 1 aromatic heterocycles. The van der Waals surface area contributed by atoms with Crippen LogP contribution in [0.2, 0.25) is 5.02 Å². The van der Waals surface area contributed by atoms with Gasteiger partial charge >= 0.3 is 0 Å². The number of carbonyl (C=O) groups excluding carboxylic acids is 2. The van der Waals surface area contributed by atoms with Crippen molar-refractivity contribution in [1.82, 2.24) is 9.99 Å². The molecule has 2 unspecified atom stereocenters. The molecule has 2 atom stereocenters. The summed E-state index contributed by atoms with van der Waals surface area (Å²) in [5, 5.41) is 2.46. The molecule has 6 heteroatoms. The number of nitrogens with one attached hydrogen (secondary N) is 1. The minimum atomic E-state index is -0.325. The molecule has 3 rings (SSSR count). The maximum atomic E-state index is 12.0. The van der Waals surface area contributed by atoms with Gasteiger partial charge in [0, 0.05) is 17.2 Å². The second-order valence-electron chi connectivity index (χ2n) is 5.21. The molecule has 1 N–H and O–H groups in total. The van der Waals surface area contributed by atoms with Gasteiger partial charge in [-0.1, -0.05) is 37.6 Å². The number of pyridine rings is 1. The first kappa shape index (κ1) is 13.8. The molecular weight excluding hydrogens is 290 g/mol. The van der Waals surface area contributed by atoms with Crippen LogP contribution in [0.4, 0.5) is 5.82 Å².